The van der Waals surface area contributed by atoms with E-state index in [1.807, 2.05) is 12.1 Å². The highest BCUT2D eigenvalue weighted by Gasteiger charge is 2.42. The van der Waals surface area contributed by atoms with E-state index in [4.69, 9.17) is 18.9 Å². The molecule has 5 nitrogen and oxygen atoms in total. The number of ether oxygens (including phenoxy) is 4. The Hall–Kier alpha value is -1.56. The number of methoxy groups -OCH3 is 2. The summed E-state index contributed by atoms with van der Waals surface area (Å²) < 4.78 is 22.6. The Labute approximate surface area is 150 Å². The van der Waals surface area contributed by atoms with E-state index in [-0.39, 0.29) is 12.2 Å². The zero-order chi connectivity index (χ0) is 17.6. The Morgan fingerprint density at radius 2 is 2.08 bits per heavy atom. The van der Waals surface area contributed by atoms with Crippen molar-refractivity contribution in [1.82, 2.24) is 4.90 Å². The van der Waals surface area contributed by atoms with Crippen LogP contribution < -0.4 is 9.47 Å². The van der Waals surface area contributed by atoms with E-state index >= 15 is 0 Å². The van der Waals surface area contributed by atoms with Crippen molar-refractivity contribution in [3.8, 4) is 11.5 Å². The summed E-state index contributed by atoms with van der Waals surface area (Å²) in [5.74, 6) is 1.56. The van der Waals surface area contributed by atoms with Crippen molar-refractivity contribution in [1.29, 1.82) is 0 Å². The Kier molecular flexibility index (Phi) is 6.34. The molecule has 138 valence electrons. The highest BCUT2D eigenvalue weighted by molar-refractivity contribution is 5.42. The van der Waals surface area contributed by atoms with Crippen molar-refractivity contribution in [3.63, 3.8) is 0 Å². The third kappa shape index (κ3) is 4.17. The summed E-state index contributed by atoms with van der Waals surface area (Å²) in [5, 5.41) is 0. The Balaban J connectivity index is 1.59. The van der Waals surface area contributed by atoms with Gasteiger partial charge in [0.2, 0.25) is 0 Å². The molecule has 0 N–H and O–H groups in total. The predicted molar refractivity (Wildman–Crippen MR) is 97.5 cm³/mol. The van der Waals surface area contributed by atoms with E-state index in [1.54, 1.807) is 14.2 Å². The van der Waals surface area contributed by atoms with Crippen LogP contribution in [0.15, 0.2) is 30.9 Å². The van der Waals surface area contributed by atoms with Crippen LogP contribution in [0.1, 0.15) is 18.4 Å². The van der Waals surface area contributed by atoms with Crippen molar-refractivity contribution >= 4 is 0 Å². The number of hydrogen-bond acceptors (Lipinski definition) is 5. The number of hydrogen-bond donors (Lipinski definition) is 0. The van der Waals surface area contributed by atoms with Gasteiger partial charge in [-0.3, -0.25) is 4.90 Å². The zero-order valence-corrected chi connectivity index (χ0v) is 15.3. The summed E-state index contributed by atoms with van der Waals surface area (Å²) in [5.41, 5.74) is 1.26. The molecule has 2 aliphatic rings. The van der Waals surface area contributed by atoms with Crippen molar-refractivity contribution in [3.05, 3.63) is 36.4 Å². The number of nitrogens with zero attached hydrogens (tertiary/aromatic N) is 1. The van der Waals surface area contributed by atoms with Gasteiger partial charge in [0, 0.05) is 19.1 Å². The summed E-state index contributed by atoms with van der Waals surface area (Å²) >= 11 is 0. The molecule has 1 aliphatic carbocycles. The molecule has 3 rings (SSSR count). The van der Waals surface area contributed by atoms with Gasteiger partial charge < -0.3 is 18.9 Å². The summed E-state index contributed by atoms with van der Waals surface area (Å²) in [6.07, 6.45) is 5.40. The minimum Gasteiger partial charge on any atom is -0.493 e. The molecule has 0 radical (unpaired) electrons. The maximum absolute atomic E-state index is 6.02. The van der Waals surface area contributed by atoms with Crippen LogP contribution in [0.5, 0.6) is 11.5 Å². The zero-order valence-electron chi connectivity index (χ0n) is 15.3. The molecule has 2 fully saturated rings. The van der Waals surface area contributed by atoms with Gasteiger partial charge in [0.1, 0.15) is 0 Å². The van der Waals surface area contributed by atoms with Crippen LogP contribution in [-0.4, -0.2) is 63.7 Å². The number of rotatable bonds is 8. The molecule has 1 saturated carbocycles. The first-order valence-electron chi connectivity index (χ1n) is 9.06. The van der Waals surface area contributed by atoms with Crippen LogP contribution in [-0.2, 0) is 15.9 Å². The van der Waals surface area contributed by atoms with Gasteiger partial charge in [-0.2, -0.15) is 0 Å². The van der Waals surface area contributed by atoms with E-state index < -0.39 is 0 Å². The molecule has 0 unspecified atom stereocenters. The quantitative estimate of drug-likeness (QED) is 0.676. The lowest BCUT2D eigenvalue weighted by molar-refractivity contribution is -0.109. The minimum atomic E-state index is 0.194. The first-order valence-corrected chi connectivity index (χ1v) is 9.06. The van der Waals surface area contributed by atoms with Gasteiger partial charge in [-0.25, -0.2) is 0 Å². The maximum atomic E-state index is 6.02. The van der Waals surface area contributed by atoms with Gasteiger partial charge in [0.25, 0.3) is 0 Å². The molecule has 0 bridgehead atoms. The van der Waals surface area contributed by atoms with E-state index in [0.29, 0.717) is 12.6 Å². The van der Waals surface area contributed by atoms with Gasteiger partial charge >= 0.3 is 0 Å². The summed E-state index contributed by atoms with van der Waals surface area (Å²) in [7, 11) is 3.34. The fourth-order valence-corrected chi connectivity index (χ4v) is 3.95. The molecular weight excluding hydrogens is 318 g/mol. The first kappa shape index (κ1) is 18.2. The average molecular weight is 347 g/mol. The molecule has 1 aliphatic heterocycles. The molecule has 1 aromatic rings. The van der Waals surface area contributed by atoms with Gasteiger partial charge in [-0.1, -0.05) is 12.1 Å². The molecule has 1 saturated heterocycles. The molecule has 5 heteroatoms. The highest BCUT2D eigenvalue weighted by Crippen LogP contribution is 2.33. The van der Waals surface area contributed by atoms with Crippen molar-refractivity contribution in [2.75, 3.05) is 40.5 Å². The van der Waals surface area contributed by atoms with Crippen molar-refractivity contribution < 1.29 is 18.9 Å². The van der Waals surface area contributed by atoms with Gasteiger partial charge in [0.05, 0.1) is 39.6 Å². The smallest absolute Gasteiger partial charge is 0.160 e. The van der Waals surface area contributed by atoms with Crippen LogP contribution in [0.3, 0.4) is 0 Å². The molecule has 0 amide bonds. The monoisotopic (exact) mass is 347 g/mol. The Morgan fingerprint density at radius 1 is 1.24 bits per heavy atom. The standard InChI is InChI=1S/C20H29NO4/c1-4-12-24-18-8-6-16-20(18)25-13-11-21(16)10-9-15-5-7-17(22-2)19(14-15)23-3/h4-5,7,14,16,18,20H,1,6,8-13H2,2-3H3/t16-,18+,20+/m1/s1. The second kappa shape index (κ2) is 8.70. The number of fused-ring (bicyclic) bond motifs is 1. The fraction of sp³-hybridized carbons (Fsp3) is 0.600. The molecule has 1 heterocycles. The normalized spacial score (nSPS) is 26.2. The fourth-order valence-electron chi connectivity index (χ4n) is 3.95. The second-order valence-corrected chi connectivity index (χ2v) is 6.62. The molecule has 3 atom stereocenters. The maximum Gasteiger partial charge on any atom is 0.160 e. The van der Waals surface area contributed by atoms with Crippen molar-refractivity contribution in [2.45, 2.75) is 37.5 Å². The van der Waals surface area contributed by atoms with E-state index in [1.165, 1.54) is 5.56 Å². The molecular formula is C20H29NO4. The summed E-state index contributed by atoms with van der Waals surface area (Å²) in [6.45, 7) is 7.12. The molecule has 0 spiro atoms. The highest BCUT2D eigenvalue weighted by atomic mass is 16.5. The largest absolute Gasteiger partial charge is 0.493 e. The summed E-state index contributed by atoms with van der Waals surface area (Å²) in [6, 6.07) is 6.62. The first-order chi connectivity index (χ1) is 12.3. The number of morpholine rings is 1. The Morgan fingerprint density at radius 3 is 2.84 bits per heavy atom. The molecule has 0 aromatic heterocycles. The average Bonchev–Trinajstić information content (AvgIpc) is 3.08. The van der Waals surface area contributed by atoms with Crippen LogP contribution >= 0.6 is 0 Å². The number of benzene rings is 1. The van der Waals surface area contributed by atoms with Gasteiger partial charge in [-0.05, 0) is 37.0 Å². The topological polar surface area (TPSA) is 40.2 Å². The van der Waals surface area contributed by atoms with Crippen LogP contribution in [0.25, 0.3) is 0 Å². The molecule has 1 aromatic carbocycles. The predicted octanol–water partition coefficient (Wildman–Crippen LogP) is 2.68. The van der Waals surface area contributed by atoms with Crippen LogP contribution in [0.4, 0.5) is 0 Å². The van der Waals surface area contributed by atoms with E-state index in [0.717, 1.165) is 50.5 Å². The third-order valence-electron chi connectivity index (χ3n) is 5.21. The lowest BCUT2D eigenvalue weighted by Gasteiger charge is -2.39. The minimum absolute atomic E-state index is 0.194. The Bertz CT molecular complexity index is 577. The van der Waals surface area contributed by atoms with E-state index in [2.05, 4.69) is 23.6 Å². The second-order valence-electron chi connectivity index (χ2n) is 6.62. The lowest BCUT2D eigenvalue weighted by Crippen LogP contribution is -2.52. The summed E-state index contributed by atoms with van der Waals surface area (Å²) in [4.78, 5) is 2.56. The van der Waals surface area contributed by atoms with Crippen LogP contribution in [0.2, 0.25) is 0 Å². The molecule has 25 heavy (non-hydrogen) atoms. The van der Waals surface area contributed by atoms with Gasteiger partial charge in [0.15, 0.2) is 11.5 Å². The van der Waals surface area contributed by atoms with E-state index in [9.17, 15) is 0 Å². The SMILES string of the molecule is C=CCO[C@H]1CC[C@@H]2[C@@H]1OCCN2CCc1ccc(OC)c(OC)c1. The van der Waals surface area contributed by atoms with Crippen LogP contribution in [0, 0.1) is 0 Å². The lowest BCUT2D eigenvalue weighted by atomic mass is 10.1. The van der Waals surface area contributed by atoms with Gasteiger partial charge in [-0.15, -0.1) is 6.58 Å². The van der Waals surface area contributed by atoms with Crippen molar-refractivity contribution in [2.24, 2.45) is 0 Å². The third-order valence-corrected chi connectivity index (χ3v) is 5.21.